The lowest BCUT2D eigenvalue weighted by molar-refractivity contribution is 0.995. The first-order valence-corrected chi connectivity index (χ1v) is 5.87. The topological polar surface area (TPSA) is 75.9 Å². The molecule has 0 saturated carbocycles. The van der Waals surface area contributed by atoms with Gasteiger partial charge in [0.05, 0.1) is 0 Å². The minimum Gasteiger partial charge on any atom is -0.370 e. The van der Waals surface area contributed by atoms with Crippen molar-refractivity contribution in [2.45, 2.75) is 13.3 Å². The van der Waals surface area contributed by atoms with Crippen LogP contribution in [0.25, 0.3) is 0 Å². The van der Waals surface area contributed by atoms with E-state index >= 15 is 0 Å². The summed E-state index contributed by atoms with van der Waals surface area (Å²) in [5.74, 6) is 6.43. The Hall–Kier alpha value is -2.14. The molecule has 94 valence electrons. The van der Waals surface area contributed by atoms with Gasteiger partial charge in [-0.2, -0.15) is 4.98 Å². The number of anilines is 2. The fraction of sp³-hybridized carbons (Fsp3) is 0.231. The minimum absolute atomic E-state index is 0.413. The molecule has 0 bridgehead atoms. The van der Waals surface area contributed by atoms with Gasteiger partial charge in [0.2, 0.25) is 5.95 Å². The zero-order valence-electron chi connectivity index (χ0n) is 10.4. The summed E-state index contributed by atoms with van der Waals surface area (Å²) in [6.07, 6.45) is 2.62. The van der Waals surface area contributed by atoms with Crippen LogP contribution in [-0.4, -0.2) is 16.5 Å². The van der Waals surface area contributed by atoms with Gasteiger partial charge in [0.15, 0.2) is 0 Å². The van der Waals surface area contributed by atoms with Gasteiger partial charge in [-0.15, -0.1) is 0 Å². The van der Waals surface area contributed by atoms with Crippen LogP contribution in [0, 0.1) is 6.92 Å². The number of rotatable bonds is 5. The number of nitrogens with one attached hydrogen (secondary N) is 2. The number of hydrogen-bond acceptors (Lipinski definition) is 5. The Labute approximate surface area is 106 Å². The number of benzene rings is 1. The first-order valence-electron chi connectivity index (χ1n) is 5.87. The SMILES string of the molecule is Cc1cccc(CCNc2ccnc(NN)n2)c1. The molecule has 5 heteroatoms. The molecule has 2 rings (SSSR count). The molecular formula is C13H17N5. The largest absolute Gasteiger partial charge is 0.370 e. The second-order valence-electron chi connectivity index (χ2n) is 4.08. The van der Waals surface area contributed by atoms with Crippen molar-refractivity contribution >= 4 is 11.8 Å². The molecule has 0 aliphatic carbocycles. The first-order chi connectivity index (χ1) is 8.78. The van der Waals surface area contributed by atoms with E-state index in [0.717, 1.165) is 18.8 Å². The highest BCUT2D eigenvalue weighted by atomic mass is 15.3. The van der Waals surface area contributed by atoms with Gasteiger partial charge in [-0.1, -0.05) is 29.8 Å². The highest BCUT2D eigenvalue weighted by molar-refractivity contribution is 5.39. The van der Waals surface area contributed by atoms with Gasteiger partial charge >= 0.3 is 0 Å². The summed E-state index contributed by atoms with van der Waals surface area (Å²) in [7, 11) is 0. The van der Waals surface area contributed by atoms with Crippen LogP contribution in [0.2, 0.25) is 0 Å². The Morgan fingerprint density at radius 3 is 2.94 bits per heavy atom. The van der Waals surface area contributed by atoms with Gasteiger partial charge in [-0.3, -0.25) is 5.43 Å². The van der Waals surface area contributed by atoms with Crippen LogP contribution >= 0.6 is 0 Å². The summed E-state index contributed by atoms with van der Waals surface area (Å²) in [6.45, 7) is 2.92. The quantitative estimate of drug-likeness (QED) is 0.550. The molecule has 4 N–H and O–H groups in total. The second-order valence-corrected chi connectivity index (χ2v) is 4.08. The van der Waals surface area contributed by atoms with Gasteiger partial charge in [-0.25, -0.2) is 10.8 Å². The van der Waals surface area contributed by atoms with Crippen LogP contribution in [0.15, 0.2) is 36.5 Å². The minimum atomic E-state index is 0.413. The summed E-state index contributed by atoms with van der Waals surface area (Å²) >= 11 is 0. The van der Waals surface area contributed by atoms with Crippen LogP contribution in [0.3, 0.4) is 0 Å². The van der Waals surface area contributed by atoms with E-state index in [1.807, 2.05) is 6.07 Å². The second kappa shape index (κ2) is 5.97. The Morgan fingerprint density at radius 2 is 2.17 bits per heavy atom. The van der Waals surface area contributed by atoms with Crippen LogP contribution in [0.1, 0.15) is 11.1 Å². The fourth-order valence-electron chi connectivity index (χ4n) is 1.73. The van der Waals surface area contributed by atoms with E-state index in [0.29, 0.717) is 5.95 Å². The maximum absolute atomic E-state index is 5.25. The Kier molecular flexibility index (Phi) is 4.09. The van der Waals surface area contributed by atoms with E-state index in [9.17, 15) is 0 Å². The molecule has 0 aliphatic heterocycles. The molecule has 0 amide bonds. The van der Waals surface area contributed by atoms with Crippen molar-refractivity contribution < 1.29 is 0 Å². The molecule has 1 heterocycles. The predicted octanol–water partition coefficient (Wildman–Crippen LogP) is 1.73. The third kappa shape index (κ3) is 3.43. The van der Waals surface area contributed by atoms with Crippen molar-refractivity contribution in [2.75, 3.05) is 17.3 Å². The van der Waals surface area contributed by atoms with Crippen molar-refractivity contribution in [2.24, 2.45) is 5.84 Å². The van der Waals surface area contributed by atoms with Crippen molar-refractivity contribution in [3.8, 4) is 0 Å². The normalized spacial score (nSPS) is 10.1. The maximum Gasteiger partial charge on any atom is 0.239 e. The first kappa shape index (κ1) is 12.3. The third-order valence-electron chi connectivity index (χ3n) is 2.59. The van der Waals surface area contributed by atoms with Crippen LogP contribution in [0.4, 0.5) is 11.8 Å². The Balaban J connectivity index is 1.88. The number of nitrogens with two attached hydrogens (primary N) is 1. The van der Waals surface area contributed by atoms with Crippen LogP contribution in [-0.2, 0) is 6.42 Å². The van der Waals surface area contributed by atoms with E-state index in [-0.39, 0.29) is 0 Å². The summed E-state index contributed by atoms with van der Waals surface area (Å²) in [4.78, 5) is 8.13. The predicted molar refractivity (Wildman–Crippen MR) is 73.2 cm³/mol. The highest BCUT2D eigenvalue weighted by Crippen LogP contribution is 2.07. The third-order valence-corrected chi connectivity index (χ3v) is 2.59. The molecule has 5 nitrogen and oxygen atoms in total. The summed E-state index contributed by atoms with van der Waals surface area (Å²) in [5, 5.41) is 3.24. The van der Waals surface area contributed by atoms with E-state index in [2.05, 4.69) is 51.9 Å². The highest BCUT2D eigenvalue weighted by Gasteiger charge is 1.97. The van der Waals surface area contributed by atoms with Crippen molar-refractivity contribution in [3.05, 3.63) is 47.7 Å². The molecule has 18 heavy (non-hydrogen) atoms. The number of aryl methyl sites for hydroxylation is 1. The monoisotopic (exact) mass is 243 g/mol. The molecule has 2 aromatic rings. The van der Waals surface area contributed by atoms with Crippen molar-refractivity contribution in [3.63, 3.8) is 0 Å². The number of hydrogen-bond donors (Lipinski definition) is 3. The lowest BCUT2D eigenvalue weighted by Crippen LogP contribution is -2.12. The summed E-state index contributed by atoms with van der Waals surface area (Å²) < 4.78 is 0. The molecule has 0 unspecified atom stereocenters. The van der Waals surface area contributed by atoms with E-state index < -0.39 is 0 Å². The average molecular weight is 243 g/mol. The standard InChI is InChI=1S/C13H17N5/c1-10-3-2-4-11(9-10)5-7-15-12-6-8-16-13(17-12)18-14/h2-4,6,8-9H,5,7,14H2,1H3,(H2,15,16,17,18). The molecule has 0 fully saturated rings. The molecule has 1 aromatic heterocycles. The Morgan fingerprint density at radius 1 is 1.28 bits per heavy atom. The molecule has 0 aliphatic rings. The van der Waals surface area contributed by atoms with Crippen LogP contribution in [0.5, 0.6) is 0 Å². The number of hydrazine groups is 1. The zero-order chi connectivity index (χ0) is 12.8. The average Bonchev–Trinajstić information content (AvgIpc) is 2.39. The lowest BCUT2D eigenvalue weighted by Gasteiger charge is -2.07. The van der Waals surface area contributed by atoms with E-state index in [1.54, 1.807) is 6.20 Å². The summed E-state index contributed by atoms with van der Waals surface area (Å²) in [6, 6.07) is 10.3. The van der Waals surface area contributed by atoms with Crippen LogP contribution < -0.4 is 16.6 Å². The number of aromatic nitrogens is 2. The zero-order valence-corrected chi connectivity index (χ0v) is 10.4. The fourth-order valence-corrected chi connectivity index (χ4v) is 1.73. The number of nitrogen functional groups attached to an aromatic ring is 1. The lowest BCUT2D eigenvalue weighted by atomic mass is 10.1. The molecule has 0 spiro atoms. The van der Waals surface area contributed by atoms with E-state index in [4.69, 9.17) is 5.84 Å². The van der Waals surface area contributed by atoms with Crippen molar-refractivity contribution in [1.29, 1.82) is 0 Å². The molecular weight excluding hydrogens is 226 g/mol. The van der Waals surface area contributed by atoms with Crippen molar-refractivity contribution in [1.82, 2.24) is 9.97 Å². The maximum atomic E-state index is 5.25. The molecule has 0 atom stereocenters. The number of nitrogens with zero attached hydrogens (tertiary/aromatic N) is 2. The smallest absolute Gasteiger partial charge is 0.239 e. The molecule has 0 saturated heterocycles. The Bertz CT molecular complexity index is 512. The van der Waals surface area contributed by atoms with Gasteiger partial charge in [-0.05, 0) is 25.0 Å². The molecule has 0 radical (unpaired) electrons. The summed E-state index contributed by atoms with van der Waals surface area (Å²) in [5.41, 5.74) is 5.02. The van der Waals surface area contributed by atoms with Gasteiger partial charge < -0.3 is 5.32 Å². The van der Waals surface area contributed by atoms with Gasteiger partial charge in [0.25, 0.3) is 0 Å². The van der Waals surface area contributed by atoms with E-state index in [1.165, 1.54) is 11.1 Å². The van der Waals surface area contributed by atoms with Gasteiger partial charge in [0, 0.05) is 12.7 Å². The van der Waals surface area contributed by atoms with Gasteiger partial charge in [0.1, 0.15) is 5.82 Å². The molecule has 1 aromatic carbocycles.